The quantitative estimate of drug-likeness (QED) is 0.337. The molecular formula is C27H27FN4O4S. The Bertz CT molecular complexity index is 1450. The lowest BCUT2D eigenvalue weighted by Gasteiger charge is -2.24. The number of carbonyl (C=O) groups excluding carboxylic acids is 1. The van der Waals surface area contributed by atoms with Crippen molar-refractivity contribution in [1.82, 2.24) is 14.9 Å². The topological polar surface area (TPSA) is 93.5 Å². The number of benzene rings is 3. The molecule has 0 saturated heterocycles. The summed E-state index contributed by atoms with van der Waals surface area (Å²) in [5.41, 5.74) is 2.07. The van der Waals surface area contributed by atoms with E-state index in [2.05, 4.69) is 10.3 Å². The van der Waals surface area contributed by atoms with Gasteiger partial charge in [0.1, 0.15) is 23.9 Å². The average Bonchev–Trinajstić information content (AvgIpc) is 3.33. The second-order valence-corrected chi connectivity index (χ2v) is 10.0. The Morgan fingerprint density at radius 1 is 1.03 bits per heavy atom. The van der Waals surface area contributed by atoms with Gasteiger partial charge in [0.15, 0.2) is 0 Å². The monoisotopic (exact) mass is 522 g/mol. The van der Waals surface area contributed by atoms with E-state index in [0.29, 0.717) is 12.4 Å². The van der Waals surface area contributed by atoms with Crippen LogP contribution in [0.5, 0.6) is 5.75 Å². The summed E-state index contributed by atoms with van der Waals surface area (Å²) in [5, 5.41) is 2.78. The fraction of sp³-hybridized carbons (Fsp3) is 0.185. The summed E-state index contributed by atoms with van der Waals surface area (Å²) < 4.78 is 48.7. The van der Waals surface area contributed by atoms with Crippen LogP contribution in [0.3, 0.4) is 0 Å². The summed E-state index contributed by atoms with van der Waals surface area (Å²) in [6, 6.07) is 18.5. The molecule has 0 saturated carbocycles. The SMILES string of the molecule is CCOc1ccc(N(CC(=O)NCc2ccc(-n3ccnc3C)cc2)S(=O)(=O)c2ccc(F)cc2)cc1. The van der Waals surface area contributed by atoms with Crippen molar-refractivity contribution in [3.05, 3.63) is 102 Å². The number of sulfonamides is 1. The van der Waals surface area contributed by atoms with Crippen LogP contribution in [0, 0.1) is 12.7 Å². The molecule has 3 aromatic carbocycles. The Morgan fingerprint density at radius 2 is 1.70 bits per heavy atom. The molecular weight excluding hydrogens is 495 g/mol. The van der Waals surface area contributed by atoms with Crippen molar-refractivity contribution in [1.29, 1.82) is 0 Å². The lowest BCUT2D eigenvalue weighted by atomic mass is 10.2. The van der Waals surface area contributed by atoms with E-state index in [-0.39, 0.29) is 17.1 Å². The summed E-state index contributed by atoms with van der Waals surface area (Å²) in [4.78, 5) is 17.0. The number of anilines is 1. The van der Waals surface area contributed by atoms with Crippen LogP contribution in [0.25, 0.3) is 5.69 Å². The predicted octanol–water partition coefficient (Wildman–Crippen LogP) is 4.23. The Kier molecular flexibility index (Phi) is 7.88. The number of rotatable bonds is 10. The average molecular weight is 523 g/mol. The number of imidazole rings is 1. The largest absolute Gasteiger partial charge is 0.494 e. The molecule has 1 amide bonds. The predicted molar refractivity (Wildman–Crippen MR) is 139 cm³/mol. The zero-order valence-corrected chi connectivity index (χ0v) is 21.3. The maximum atomic E-state index is 13.4. The van der Waals surface area contributed by atoms with Crippen LogP contribution < -0.4 is 14.4 Å². The van der Waals surface area contributed by atoms with E-state index in [9.17, 15) is 17.6 Å². The highest BCUT2D eigenvalue weighted by Crippen LogP contribution is 2.26. The molecule has 37 heavy (non-hydrogen) atoms. The van der Waals surface area contributed by atoms with Gasteiger partial charge in [0.05, 0.1) is 17.2 Å². The normalized spacial score (nSPS) is 11.2. The van der Waals surface area contributed by atoms with Gasteiger partial charge < -0.3 is 14.6 Å². The van der Waals surface area contributed by atoms with Crippen LogP contribution in [-0.4, -0.2) is 37.0 Å². The molecule has 0 aliphatic heterocycles. The van der Waals surface area contributed by atoms with Gasteiger partial charge in [0, 0.05) is 24.6 Å². The number of aromatic nitrogens is 2. The van der Waals surface area contributed by atoms with E-state index < -0.39 is 28.3 Å². The summed E-state index contributed by atoms with van der Waals surface area (Å²) in [6.45, 7) is 3.97. The van der Waals surface area contributed by atoms with Crippen molar-refractivity contribution in [3.8, 4) is 11.4 Å². The molecule has 0 spiro atoms. The molecule has 1 aromatic heterocycles. The number of hydrogen-bond acceptors (Lipinski definition) is 5. The first kappa shape index (κ1) is 25.9. The van der Waals surface area contributed by atoms with Crippen molar-refractivity contribution >= 4 is 21.6 Å². The van der Waals surface area contributed by atoms with E-state index in [1.807, 2.05) is 48.9 Å². The minimum absolute atomic E-state index is 0.124. The van der Waals surface area contributed by atoms with Crippen molar-refractivity contribution in [2.75, 3.05) is 17.5 Å². The number of amides is 1. The third-order valence-corrected chi connectivity index (χ3v) is 7.44. The standard InChI is InChI=1S/C27H27FN4O4S/c1-3-36-25-12-10-24(11-13-25)32(37(34,35)26-14-6-22(28)7-15-26)19-27(33)30-18-21-4-8-23(9-5-21)31-17-16-29-20(31)2/h4-17H,3,18-19H2,1-2H3,(H,30,33). The molecule has 192 valence electrons. The van der Waals surface area contributed by atoms with Crippen LogP contribution in [0.1, 0.15) is 18.3 Å². The fourth-order valence-corrected chi connectivity index (χ4v) is 5.16. The Balaban J connectivity index is 1.51. The first-order valence-electron chi connectivity index (χ1n) is 11.6. The Hall–Kier alpha value is -4.18. The second kappa shape index (κ2) is 11.3. The third-order valence-electron chi connectivity index (χ3n) is 5.65. The molecule has 0 fully saturated rings. The molecule has 0 aliphatic rings. The van der Waals surface area contributed by atoms with E-state index in [4.69, 9.17) is 4.74 Å². The molecule has 1 heterocycles. The van der Waals surface area contributed by atoms with Crippen molar-refractivity contribution in [2.24, 2.45) is 0 Å². The fourth-order valence-electron chi connectivity index (χ4n) is 3.74. The summed E-state index contributed by atoms with van der Waals surface area (Å²) >= 11 is 0. The second-order valence-electron chi connectivity index (χ2n) is 8.18. The Morgan fingerprint density at radius 3 is 2.30 bits per heavy atom. The van der Waals surface area contributed by atoms with Gasteiger partial charge in [0.25, 0.3) is 10.0 Å². The molecule has 4 rings (SSSR count). The highest BCUT2D eigenvalue weighted by molar-refractivity contribution is 7.92. The molecule has 0 aliphatic carbocycles. The zero-order valence-electron chi connectivity index (χ0n) is 20.5. The van der Waals surface area contributed by atoms with Crippen molar-refractivity contribution < 1.29 is 22.3 Å². The van der Waals surface area contributed by atoms with Crippen LogP contribution in [0.2, 0.25) is 0 Å². The molecule has 0 bridgehead atoms. The van der Waals surface area contributed by atoms with Gasteiger partial charge in [-0.15, -0.1) is 0 Å². The highest BCUT2D eigenvalue weighted by Gasteiger charge is 2.27. The minimum Gasteiger partial charge on any atom is -0.494 e. The third kappa shape index (κ3) is 6.15. The number of ether oxygens (including phenoxy) is 1. The summed E-state index contributed by atoms with van der Waals surface area (Å²) in [5.74, 6) is 0.384. The number of nitrogens with one attached hydrogen (secondary N) is 1. The van der Waals surface area contributed by atoms with Gasteiger partial charge in [-0.05, 0) is 80.1 Å². The van der Waals surface area contributed by atoms with Gasteiger partial charge in [-0.2, -0.15) is 0 Å². The number of nitrogens with zero attached hydrogens (tertiary/aromatic N) is 3. The number of hydrogen-bond donors (Lipinski definition) is 1. The van der Waals surface area contributed by atoms with E-state index in [1.54, 1.807) is 30.5 Å². The van der Waals surface area contributed by atoms with Crippen molar-refractivity contribution in [2.45, 2.75) is 25.3 Å². The number of halogens is 1. The van der Waals surface area contributed by atoms with Crippen LogP contribution >= 0.6 is 0 Å². The summed E-state index contributed by atoms with van der Waals surface area (Å²) in [6.07, 6.45) is 3.59. The minimum atomic E-state index is -4.15. The summed E-state index contributed by atoms with van der Waals surface area (Å²) in [7, 11) is -4.15. The lowest BCUT2D eigenvalue weighted by Crippen LogP contribution is -2.40. The maximum Gasteiger partial charge on any atom is 0.264 e. The molecule has 4 aromatic rings. The first-order chi connectivity index (χ1) is 17.8. The maximum absolute atomic E-state index is 13.4. The van der Waals surface area contributed by atoms with Gasteiger partial charge in [-0.3, -0.25) is 9.10 Å². The van der Waals surface area contributed by atoms with Crippen molar-refractivity contribution in [3.63, 3.8) is 0 Å². The van der Waals surface area contributed by atoms with E-state index >= 15 is 0 Å². The molecule has 10 heteroatoms. The molecule has 0 atom stereocenters. The number of carbonyl (C=O) groups is 1. The highest BCUT2D eigenvalue weighted by atomic mass is 32.2. The smallest absolute Gasteiger partial charge is 0.264 e. The Labute approximate surface area is 215 Å². The molecule has 0 radical (unpaired) electrons. The van der Waals surface area contributed by atoms with E-state index in [1.165, 1.54) is 12.1 Å². The molecule has 1 N–H and O–H groups in total. The van der Waals surface area contributed by atoms with Crippen LogP contribution in [0.15, 0.2) is 90.1 Å². The van der Waals surface area contributed by atoms with Gasteiger partial charge >= 0.3 is 0 Å². The van der Waals surface area contributed by atoms with Gasteiger partial charge in [-0.25, -0.2) is 17.8 Å². The first-order valence-corrected chi connectivity index (χ1v) is 13.1. The number of aryl methyl sites for hydroxylation is 1. The van der Waals surface area contributed by atoms with Gasteiger partial charge in [-0.1, -0.05) is 12.1 Å². The van der Waals surface area contributed by atoms with E-state index in [0.717, 1.165) is 33.5 Å². The molecule has 0 unspecified atom stereocenters. The lowest BCUT2D eigenvalue weighted by molar-refractivity contribution is -0.119. The molecule has 8 nitrogen and oxygen atoms in total. The van der Waals surface area contributed by atoms with Crippen LogP contribution in [-0.2, 0) is 21.4 Å². The van der Waals surface area contributed by atoms with Crippen LogP contribution in [0.4, 0.5) is 10.1 Å². The zero-order chi connectivity index (χ0) is 26.4. The van der Waals surface area contributed by atoms with Gasteiger partial charge in [0.2, 0.25) is 5.91 Å².